The highest BCUT2D eigenvalue weighted by molar-refractivity contribution is 5.71. The van der Waals surface area contributed by atoms with E-state index >= 15 is 0 Å². The summed E-state index contributed by atoms with van der Waals surface area (Å²) in [5.41, 5.74) is 3.56. The fourth-order valence-corrected chi connectivity index (χ4v) is 1.55. The summed E-state index contributed by atoms with van der Waals surface area (Å²) in [5.74, 6) is 0. The first-order chi connectivity index (χ1) is 7.88. The summed E-state index contributed by atoms with van der Waals surface area (Å²) in [7, 11) is 1.93. The Hall–Kier alpha value is -2.02. The maximum Gasteiger partial charge on any atom is 0.0343 e. The predicted octanol–water partition coefficient (Wildman–Crippen LogP) is 3.90. The SMILES string of the molecule is CNc1cccc(/C=C\c2ccccc2)c1. The first-order valence-corrected chi connectivity index (χ1v) is 5.39. The average molecular weight is 209 g/mol. The second-order valence-corrected chi connectivity index (χ2v) is 3.62. The van der Waals surface area contributed by atoms with Gasteiger partial charge in [-0.25, -0.2) is 0 Å². The topological polar surface area (TPSA) is 12.0 Å². The van der Waals surface area contributed by atoms with Gasteiger partial charge in [0.2, 0.25) is 0 Å². The number of rotatable bonds is 3. The summed E-state index contributed by atoms with van der Waals surface area (Å²) in [6.45, 7) is 0. The number of benzene rings is 2. The molecule has 0 spiro atoms. The molecule has 16 heavy (non-hydrogen) atoms. The molecule has 0 aliphatic carbocycles. The van der Waals surface area contributed by atoms with E-state index in [0.717, 1.165) is 5.69 Å². The summed E-state index contributed by atoms with van der Waals surface area (Å²) in [5, 5.41) is 3.13. The molecule has 0 bridgehead atoms. The van der Waals surface area contributed by atoms with E-state index in [2.05, 4.69) is 53.9 Å². The molecule has 2 aromatic carbocycles. The zero-order chi connectivity index (χ0) is 11.2. The van der Waals surface area contributed by atoms with Crippen molar-refractivity contribution in [2.45, 2.75) is 0 Å². The highest BCUT2D eigenvalue weighted by Gasteiger charge is 1.90. The van der Waals surface area contributed by atoms with Gasteiger partial charge in [-0.15, -0.1) is 0 Å². The molecule has 1 nitrogen and oxygen atoms in total. The molecule has 0 saturated carbocycles. The van der Waals surface area contributed by atoms with Crippen LogP contribution in [-0.4, -0.2) is 7.05 Å². The normalized spacial score (nSPS) is 10.6. The summed E-state index contributed by atoms with van der Waals surface area (Å²) in [6.07, 6.45) is 4.24. The molecule has 0 fully saturated rings. The van der Waals surface area contributed by atoms with Crippen molar-refractivity contribution in [3.8, 4) is 0 Å². The molecule has 0 radical (unpaired) electrons. The molecule has 0 heterocycles. The van der Waals surface area contributed by atoms with E-state index in [1.807, 2.05) is 25.2 Å². The first kappa shape index (κ1) is 10.5. The Bertz CT molecular complexity index is 472. The third-order valence-electron chi connectivity index (χ3n) is 2.44. The van der Waals surface area contributed by atoms with E-state index in [-0.39, 0.29) is 0 Å². The molecule has 0 atom stereocenters. The predicted molar refractivity (Wildman–Crippen MR) is 71.4 cm³/mol. The van der Waals surface area contributed by atoms with Crippen LogP contribution in [0.3, 0.4) is 0 Å². The zero-order valence-electron chi connectivity index (χ0n) is 9.35. The van der Waals surface area contributed by atoms with Crippen molar-refractivity contribution in [3.63, 3.8) is 0 Å². The minimum absolute atomic E-state index is 1.13. The van der Waals surface area contributed by atoms with Crippen LogP contribution in [0.15, 0.2) is 54.6 Å². The van der Waals surface area contributed by atoms with Gasteiger partial charge < -0.3 is 5.32 Å². The second kappa shape index (κ2) is 5.17. The van der Waals surface area contributed by atoms with Crippen LogP contribution >= 0.6 is 0 Å². The largest absolute Gasteiger partial charge is 0.388 e. The van der Waals surface area contributed by atoms with E-state index < -0.39 is 0 Å². The lowest BCUT2D eigenvalue weighted by molar-refractivity contribution is 1.50. The van der Waals surface area contributed by atoms with Gasteiger partial charge in [0.05, 0.1) is 0 Å². The highest BCUT2D eigenvalue weighted by Crippen LogP contribution is 2.13. The number of anilines is 1. The van der Waals surface area contributed by atoms with Crippen LogP contribution < -0.4 is 5.32 Å². The molecule has 80 valence electrons. The van der Waals surface area contributed by atoms with Crippen molar-refractivity contribution < 1.29 is 0 Å². The van der Waals surface area contributed by atoms with E-state index in [4.69, 9.17) is 0 Å². The minimum Gasteiger partial charge on any atom is -0.388 e. The van der Waals surface area contributed by atoms with Gasteiger partial charge in [-0.05, 0) is 23.3 Å². The average Bonchev–Trinajstić information content (AvgIpc) is 2.38. The van der Waals surface area contributed by atoms with E-state index in [1.54, 1.807) is 0 Å². The van der Waals surface area contributed by atoms with Crippen LogP contribution in [0.4, 0.5) is 5.69 Å². The standard InChI is InChI=1S/C15H15N/c1-16-15-9-5-8-14(12-15)11-10-13-6-3-2-4-7-13/h2-12,16H,1H3/b11-10-. The van der Waals surface area contributed by atoms with Gasteiger partial charge >= 0.3 is 0 Å². The van der Waals surface area contributed by atoms with Crippen molar-refractivity contribution >= 4 is 17.8 Å². The maximum atomic E-state index is 3.13. The maximum absolute atomic E-state index is 3.13. The molecule has 0 amide bonds. The molecule has 0 aliphatic rings. The smallest absolute Gasteiger partial charge is 0.0343 e. The van der Waals surface area contributed by atoms with Crippen molar-refractivity contribution in [2.24, 2.45) is 0 Å². The molecule has 1 heteroatoms. The number of hydrogen-bond donors (Lipinski definition) is 1. The van der Waals surface area contributed by atoms with Crippen molar-refractivity contribution in [2.75, 3.05) is 12.4 Å². The summed E-state index contributed by atoms with van der Waals surface area (Å²) >= 11 is 0. The Morgan fingerprint density at radius 2 is 1.50 bits per heavy atom. The van der Waals surface area contributed by atoms with Crippen LogP contribution in [0.2, 0.25) is 0 Å². The van der Waals surface area contributed by atoms with Gasteiger partial charge in [0.25, 0.3) is 0 Å². The Labute approximate surface area is 96.4 Å². The molecule has 2 aromatic rings. The lowest BCUT2D eigenvalue weighted by Gasteiger charge is -2.00. The van der Waals surface area contributed by atoms with Gasteiger partial charge in [-0.1, -0.05) is 54.6 Å². The van der Waals surface area contributed by atoms with E-state index in [0.29, 0.717) is 0 Å². The molecular weight excluding hydrogens is 194 g/mol. The van der Waals surface area contributed by atoms with Gasteiger partial charge in [-0.2, -0.15) is 0 Å². The van der Waals surface area contributed by atoms with Crippen LogP contribution in [-0.2, 0) is 0 Å². The number of hydrogen-bond acceptors (Lipinski definition) is 1. The third-order valence-corrected chi connectivity index (χ3v) is 2.44. The molecule has 0 saturated heterocycles. The highest BCUT2D eigenvalue weighted by atomic mass is 14.8. The molecule has 0 unspecified atom stereocenters. The molecule has 0 aliphatic heterocycles. The number of nitrogens with one attached hydrogen (secondary N) is 1. The molecule has 2 rings (SSSR count). The van der Waals surface area contributed by atoms with E-state index in [9.17, 15) is 0 Å². The monoisotopic (exact) mass is 209 g/mol. The molecular formula is C15H15N. The van der Waals surface area contributed by atoms with Crippen LogP contribution in [0, 0.1) is 0 Å². The van der Waals surface area contributed by atoms with Crippen molar-refractivity contribution in [3.05, 3.63) is 65.7 Å². The fourth-order valence-electron chi connectivity index (χ4n) is 1.55. The third kappa shape index (κ3) is 2.74. The van der Waals surface area contributed by atoms with Crippen LogP contribution in [0.1, 0.15) is 11.1 Å². The minimum atomic E-state index is 1.13. The summed E-state index contributed by atoms with van der Waals surface area (Å²) in [4.78, 5) is 0. The lowest BCUT2D eigenvalue weighted by Crippen LogP contribution is -1.86. The van der Waals surface area contributed by atoms with Gasteiger partial charge in [0.1, 0.15) is 0 Å². The van der Waals surface area contributed by atoms with Crippen molar-refractivity contribution in [1.82, 2.24) is 0 Å². The Balaban J connectivity index is 2.17. The summed E-state index contributed by atoms with van der Waals surface area (Å²) in [6, 6.07) is 18.6. The lowest BCUT2D eigenvalue weighted by atomic mass is 10.1. The first-order valence-electron chi connectivity index (χ1n) is 5.39. The Kier molecular flexibility index (Phi) is 3.39. The van der Waals surface area contributed by atoms with Gasteiger partial charge in [-0.3, -0.25) is 0 Å². The van der Waals surface area contributed by atoms with Gasteiger partial charge in [0.15, 0.2) is 0 Å². The second-order valence-electron chi connectivity index (χ2n) is 3.62. The van der Waals surface area contributed by atoms with Crippen LogP contribution in [0.5, 0.6) is 0 Å². The Morgan fingerprint density at radius 1 is 0.812 bits per heavy atom. The van der Waals surface area contributed by atoms with Crippen molar-refractivity contribution in [1.29, 1.82) is 0 Å². The Morgan fingerprint density at radius 3 is 2.25 bits per heavy atom. The van der Waals surface area contributed by atoms with Crippen LogP contribution in [0.25, 0.3) is 12.2 Å². The zero-order valence-corrected chi connectivity index (χ0v) is 9.35. The molecule has 1 N–H and O–H groups in total. The van der Waals surface area contributed by atoms with E-state index in [1.165, 1.54) is 11.1 Å². The van der Waals surface area contributed by atoms with Gasteiger partial charge in [0, 0.05) is 12.7 Å². The summed E-state index contributed by atoms with van der Waals surface area (Å²) < 4.78 is 0. The quantitative estimate of drug-likeness (QED) is 0.756. The fraction of sp³-hybridized carbons (Fsp3) is 0.0667. The molecule has 0 aromatic heterocycles.